The molecule has 0 radical (unpaired) electrons. The number of carbonyl (C=O) groups excluding carboxylic acids is 1. The van der Waals surface area contributed by atoms with Crippen molar-refractivity contribution in [3.8, 4) is 0 Å². The Morgan fingerprint density at radius 1 is 1.26 bits per heavy atom. The average molecular weight is 555 g/mol. The van der Waals surface area contributed by atoms with Crippen LogP contribution in [-0.4, -0.2) is 82.1 Å². The molecular formula is C26H37F3N6O4. The lowest BCUT2D eigenvalue weighted by Gasteiger charge is -2.24. The zero-order valence-electron chi connectivity index (χ0n) is 22.4. The van der Waals surface area contributed by atoms with Crippen LogP contribution in [0.1, 0.15) is 59.9 Å². The number of carboxylic acids is 1. The number of alkyl halides is 3. The number of unbranched alkanes of at least 4 members (excludes halogenated alkanes) is 1. The van der Waals surface area contributed by atoms with Crippen LogP contribution < -0.4 is 10.6 Å². The van der Waals surface area contributed by atoms with Crippen molar-refractivity contribution in [3.05, 3.63) is 40.8 Å². The first-order valence-electron chi connectivity index (χ1n) is 13.3. The van der Waals surface area contributed by atoms with Gasteiger partial charge in [0.05, 0.1) is 18.4 Å². The van der Waals surface area contributed by atoms with Gasteiger partial charge < -0.3 is 25.4 Å². The van der Waals surface area contributed by atoms with Gasteiger partial charge in [0, 0.05) is 39.0 Å². The lowest BCUT2D eigenvalue weighted by Crippen LogP contribution is -2.44. The summed E-state index contributed by atoms with van der Waals surface area (Å²) < 4.78 is 46.1. The summed E-state index contributed by atoms with van der Waals surface area (Å²) in [5.41, 5.74) is 0.318. The fourth-order valence-corrected chi connectivity index (χ4v) is 4.57. The minimum atomic E-state index is -4.81. The van der Waals surface area contributed by atoms with Gasteiger partial charge in [0.15, 0.2) is 5.69 Å². The van der Waals surface area contributed by atoms with Crippen LogP contribution in [0.2, 0.25) is 0 Å². The number of amides is 1. The van der Waals surface area contributed by atoms with E-state index >= 15 is 0 Å². The SMILES string of the molecule is CCOCCN(CCCCc1ccc2c(n1)NCCC2)CC[C@H](NC(=O)c1cnn(C)c1C(F)(F)F)C(=O)O. The van der Waals surface area contributed by atoms with Crippen molar-refractivity contribution in [1.82, 2.24) is 25.0 Å². The van der Waals surface area contributed by atoms with Crippen LogP contribution in [0.5, 0.6) is 0 Å². The minimum Gasteiger partial charge on any atom is -0.480 e. The number of aromatic nitrogens is 3. The van der Waals surface area contributed by atoms with Gasteiger partial charge in [0.1, 0.15) is 11.9 Å². The normalized spacial score (nSPS) is 14.1. The van der Waals surface area contributed by atoms with Gasteiger partial charge in [-0.25, -0.2) is 9.78 Å². The highest BCUT2D eigenvalue weighted by atomic mass is 19.4. The lowest BCUT2D eigenvalue weighted by molar-refractivity contribution is -0.144. The summed E-state index contributed by atoms with van der Waals surface area (Å²) in [7, 11) is 1.07. The number of nitrogens with one attached hydrogen (secondary N) is 2. The predicted octanol–water partition coefficient (Wildman–Crippen LogP) is 3.13. The topological polar surface area (TPSA) is 122 Å². The van der Waals surface area contributed by atoms with Gasteiger partial charge in [-0.05, 0) is 63.6 Å². The maximum absolute atomic E-state index is 13.3. The summed E-state index contributed by atoms with van der Waals surface area (Å²) in [5, 5.41) is 18.7. The lowest BCUT2D eigenvalue weighted by atomic mass is 10.1. The number of carbonyl (C=O) groups is 2. The number of hydrogen-bond donors (Lipinski definition) is 3. The molecule has 0 aromatic carbocycles. The number of anilines is 1. The number of fused-ring (bicyclic) bond motifs is 1. The molecular weight excluding hydrogens is 517 g/mol. The van der Waals surface area contributed by atoms with E-state index in [0.717, 1.165) is 63.4 Å². The highest BCUT2D eigenvalue weighted by Crippen LogP contribution is 2.31. The Balaban J connectivity index is 1.54. The van der Waals surface area contributed by atoms with Crippen LogP contribution in [0.25, 0.3) is 0 Å². The second-order valence-corrected chi connectivity index (χ2v) is 9.52. The van der Waals surface area contributed by atoms with Crippen molar-refractivity contribution >= 4 is 17.7 Å². The summed E-state index contributed by atoms with van der Waals surface area (Å²) >= 11 is 0. The van der Waals surface area contributed by atoms with E-state index in [1.165, 1.54) is 5.56 Å². The van der Waals surface area contributed by atoms with Crippen LogP contribution in [0, 0.1) is 0 Å². The van der Waals surface area contributed by atoms with E-state index in [2.05, 4.69) is 27.9 Å². The number of pyridine rings is 1. The van der Waals surface area contributed by atoms with E-state index in [0.29, 0.717) is 37.5 Å². The molecule has 0 spiro atoms. The number of aryl methyl sites for hydroxylation is 3. The Morgan fingerprint density at radius 2 is 2.05 bits per heavy atom. The summed E-state index contributed by atoms with van der Waals surface area (Å²) in [5.74, 6) is -1.49. The molecule has 13 heteroatoms. The summed E-state index contributed by atoms with van der Waals surface area (Å²) in [4.78, 5) is 31.2. The molecule has 0 saturated carbocycles. The smallest absolute Gasteiger partial charge is 0.433 e. The molecule has 2 aromatic rings. The molecule has 216 valence electrons. The molecule has 0 saturated heterocycles. The molecule has 1 amide bonds. The average Bonchev–Trinajstić information content (AvgIpc) is 3.30. The quantitative estimate of drug-likeness (QED) is 0.287. The Bertz CT molecular complexity index is 1110. The van der Waals surface area contributed by atoms with Crippen molar-refractivity contribution in [2.75, 3.05) is 44.7 Å². The van der Waals surface area contributed by atoms with E-state index in [1.54, 1.807) is 0 Å². The molecule has 3 rings (SSSR count). The van der Waals surface area contributed by atoms with Crippen molar-refractivity contribution in [2.24, 2.45) is 7.05 Å². The molecule has 0 unspecified atom stereocenters. The van der Waals surface area contributed by atoms with Crippen LogP contribution in [-0.2, 0) is 35.6 Å². The van der Waals surface area contributed by atoms with Crippen molar-refractivity contribution < 1.29 is 32.6 Å². The Hall–Kier alpha value is -3.19. The molecule has 0 aliphatic carbocycles. The monoisotopic (exact) mass is 554 g/mol. The number of rotatable bonds is 15. The summed E-state index contributed by atoms with van der Waals surface area (Å²) in [6.07, 6.45) is 0.687. The molecule has 3 heterocycles. The van der Waals surface area contributed by atoms with Gasteiger partial charge >= 0.3 is 12.1 Å². The minimum absolute atomic E-state index is 0.0207. The maximum Gasteiger partial charge on any atom is 0.433 e. The van der Waals surface area contributed by atoms with E-state index in [-0.39, 0.29) is 6.42 Å². The standard InChI is InChI=1S/C26H37F3N6O4/c1-3-39-16-15-35(13-5-4-8-19-10-9-18-7-6-12-30-23(18)32-19)14-11-21(25(37)38)33-24(36)20-17-31-34(2)22(20)26(27,28)29/h9-10,17,21H,3-8,11-16H2,1-2H3,(H,30,32)(H,33,36)(H,37,38)/t21-/m0/s1. The molecule has 10 nitrogen and oxygen atoms in total. The van der Waals surface area contributed by atoms with Crippen LogP contribution in [0.3, 0.4) is 0 Å². The predicted molar refractivity (Wildman–Crippen MR) is 139 cm³/mol. The molecule has 2 aromatic heterocycles. The van der Waals surface area contributed by atoms with Gasteiger partial charge in [-0.1, -0.05) is 6.07 Å². The number of ether oxygens (including phenoxy) is 1. The summed E-state index contributed by atoms with van der Waals surface area (Å²) in [6, 6.07) is 2.83. The fraction of sp³-hybridized carbons (Fsp3) is 0.615. The molecule has 0 fully saturated rings. The third kappa shape index (κ3) is 8.92. The zero-order chi connectivity index (χ0) is 28.4. The molecule has 1 atom stereocenters. The molecule has 3 N–H and O–H groups in total. The maximum atomic E-state index is 13.3. The number of hydrogen-bond acceptors (Lipinski definition) is 7. The van der Waals surface area contributed by atoms with Gasteiger partial charge in [-0.3, -0.25) is 9.48 Å². The number of halogens is 3. The highest BCUT2D eigenvalue weighted by molar-refractivity contribution is 5.97. The van der Waals surface area contributed by atoms with Crippen molar-refractivity contribution in [3.63, 3.8) is 0 Å². The van der Waals surface area contributed by atoms with E-state index in [4.69, 9.17) is 9.72 Å². The molecule has 1 aliphatic rings. The van der Waals surface area contributed by atoms with E-state index in [9.17, 15) is 27.9 Å². The summed E-state index contributed by atoms with van der Waals surface area (Å²) in [6.45, 7) is 5.39. The second kappa shape index (κ2) is 14.3. The first kappa shape index (κ1) is 30.4. The van der Waals surface area contributed by atoms with Gasteiger partial charge in [-0.15, -0.1) is 0 Å². The number of carboxylic acid groups (broad SMARTS) is 1. The zero-order valence-corrected chi connectivity index (χ0v) is 22.4. The third-order valence-electron chi connectivity index (χ3n) is 6.65. The third-order valence-corrected chi connectivity index (χ3v) is 6.65. The van der Waals surface area contributed by atoms with Crippen LogP contribution in [0.15, 0.2) is 18.3 Å². The van der Waals surface area contributed by atoms with Gasteiger partial charge in [-0.2, -0.15) is 18.3 Å². The van der Waals surface area contributed by atoms with Crippen LogP contribution >= 0.6 is 0 Å². The van der Waals surface area contributed by atoms with Crippen molar-refractivity contribution in [2.45, 2.75) is 57.7 Å². The largest absolute Gasteiger partial charge is 0.480 e. The highest BCUT2D eigenvalue weighted by Gasteiger charge is 2.40. The van der Waals surface area contributed by atoms with Gasteiger partial charge in [0.2, 0.25) is 0 Å². The van der Waals surface area contributed by atoms with E-state index < -0.39 is 35.4 Å². The Kier molecular flexibility index (Phi) is 11.1. The Morgan fingerprint density at radius 3 is 2.77 bits per heavy atom. The first-order valence-corrected chi connectivity index (χ1v) is 13.3. The van der Waals surface area contributed by atoms with E-state index in [1.807, 2.05) is 11.8 Å². The second-order valence-electron chi connectivity index (χ2n) is 9.52. The molecule has 0 bridgehead atoms. The molecule has 39 heavy (non-hydrogen) atoms. The fourth-order valence-electron chi connectivity index (χ4n) is 4.57. The number of nitrogens with zero attached hydrogens (tertiary/aromatic N) is 4. The van der Waals surface area contributed by atoms with Crippen LogP contribution in [0.4, 0.5) is 19.0 Å². The van der Waals surface area contributed by atoms with Crippen molar-refractivity contribution in [1.29, 1.82) is 0 Å². The first-order chi connectivity index (χ1) is 18.6. The Labute approximate surface area is 225 Å². The van der Waals surface area contributed by atoms with Gasteiger partial charge in [0.25, 0.3) is 5.91 Å². The molecule has 1 aliphatic heterocycles. The number of aliphatic carboxylic acids is 1.